The minimum absolute atomic E-state index is 0.0616. The lowest BCUT2D eigenvalue weighted by Crippen LogP contribution is -2.33. The van der Waals surface area contributed by atoms with Gasteiger partial charge in [-0.2, -0.15) is 13.2 Å². The van der Waals surface area contributed by atoms with Crippen LogP contribution in [0.4, 0.5) is 13.2 Å². The summed E-state index contributed by atoms with van der Waals surface area (Å²) in [6.07, 6.45) is -4.75. The largest absolute Gasteiger partial charge is 0.492 e. The highest BCUT2D eigenvalue weighted by Gasteiger charge is 2.65. The van der Waals surface area contributed by atoms with Gasteiger partial charge in [0.15, 0.2) is 0 Å². The lowest BCUT2D eigenvalue weighted by molar-refractivity contribution is -0.166. The number of carbonyl (C=O) groups is 1. The van der Waals surface area contributed by atoms with E-state index in [1.54, 1.807) is 0 Å². The maximum absolute atomic E-state index is 13.0. The van der Waals surface area contributed by atoms with Gasteiger partial charge in [-0.15, -0.1) is 10.2 Å². The third kappa shape index (κ3) is 3.42. The number of alkyl halides is 3. The van der Waals surface area contributed by atoms with Crippen LogP contribution in [0.15, 0.2) is 28.4 Å². The summed E-state index contributed by atoms with van der Waals surface area (Å²) in [5.41, 5.74) is 8.37. The average molecular weight is 332 g/mol. The van der Waals surface area contributed by atoms with Crippen molar-refractivity contribution in [1.29, 1.82) is 0 Å². The number of benzene rings is 1. The molecule has 0 amide bonds. The Morgan fingerprint density at radius 1 is 1.39 bits per heavy atom. The molecule has 0 bridgehead atoms. The van der Waals surface area contributed by atoms with E-state index in [0.717, 1.165) is 6.07 Å². The molecule has 0 saturated carbocycles. The summed E-state index contributed by atoms with van der Waals surface area (Å²) in [5.74, 6) is -1.14. The SMILES string of the molecule is NCCOc1cc(C2(C(F)(F)F)N=N2)ccc1C[C@H](N)C(=O)O. The summed E-state index contributed by atoms with van der Waals surface area (Å²) >= 11 is 0. The van der Waals surface area contributed by atoms with Gasteiger partial charge in [-0.1, -0.05) is 12.1 Å². The number of nitrogens with zero attached hydrogens (tertiary/aromatic N) is 2. The Morgan fingerprint density at radius 2 is 2.04 bits per heavy atom. The second kappa shape index (κ2) is 6.13. The van der Waals surface area contributed by atoms with Crippen molar-refractivity contribution >= 4 is 5.97 Å². The third-order valence-electron chi connectivity index (χ3n) is 3.30. The molecular formula is C13H15F3N4O3. The number of ether oxygens (including phenoxy) is 1. The first-order valence-electron chi connectivity index (χ1n) is 6.66. The summed E-state index contributed by atoms with van der Waals surface area (Å²) in [4.78, 5) is 10.8. The molecule has 0 aromatic heterocycles. The number of hydrogen-bond donors (Lipinski definition) is 3. The fourth-order valence-corrected chi connectivity index (χ4v) is 2.01. The van der Waals surface area contributed by atoms with Crippen molar-refractivity contribution in [2.75, 3.05) is 13.2 Å². The Morgan fingerprint density at radius 3 is 2.52 bits per heavy atom. The predicted octanol–water partition coefficient (Wildman–Crippen LogP) is 1.16. The molecule has 23 heavy (non-hydrogen) atoms. The van der Waals surface area contributed by atoms with Crippen LogP contribution in [0.2, 0.25) is 0 Å². The zero-order valence-electron chi connectivity index (χ0n) is 11.9. The zero-order valence-corrected chi connectivity index (χ0v) is 11.9. The smallest absolute Gasteiger partial charge is 0.442 e. The van der Waals surface area contributed by atoms with Gasteiger partial charge in [0.1, 0.15) is 18.4 Å². The lowest BCUT2D eigenvalue weighted by atomic mass is 9.97. The Labute approximate surface area is 129 Å². The van der Waals surface area contributed by atoms with Crippen LogP contribution in [0, 0.1) is 0 Å². The first-order valence-corrected chi connectivity index (χ1v) is 6.66. The first-order chi connectivity index (χ1) is 10.7. The maximum Gasteiger partial charge on any atom is 0.442 e. The van der Waals surface area contributed by atoms with Gasteiger partial charge in [0.2, 0.25) is 0 Å². The Kier molecular flexibility index (Phi) is 4.57. The number of aliphatic carboxylic acids is 1. The van der Waals surface area contributed by atoms with Gasteiger partial charge in [0.05, 0.1) is 0 Å². The molecule has 0 saturated heterocycles. The van der Waals surface area contributed by atoms with E-state index in [1.807, 2.05) is 0 Å². The number of carboxylic acids is 1. The van der Waals surface area contributed by atoms with Crippen molar-refractivity contribution in [2.45, 2.75) is 24.3 Å². The normalized spacial score (nSPS) is 16.9. The van der Waals surface area contributed by atoms with E-state index >= 15 is 0 Å². The Bertz CT molecular complexity index is 627. The van der Waals surface area contributed by atoms with Gasteiger partial charge in [-0.3, -0.25) is 4.79 Å². The van der Waals surface area contributed by atoms with Crippen molar-refractivity contribution in [1.82, 2.24) is 0 Å². The van der Waals surface area contributed by atoms with E-state index in [0.29, 0.717) is 5.56 Å². The van der Waals surface area contributed by atoms with E-state index in [2.05, 4.69) is 10.2 Å². The molecule has 1 heterocycles. The minimum atomic E-state index is -4.66. The highest BCUT2D eigenvalue weighted by atomic mass is 19.4. The quantitative estimate of drug-likeness (QED) is 0.691. The molecule has 10 heteroatoms. The van der Waals surface area contributed by atoms with Crippen molar-refractivity contribution < 1.29 is 27.8 Å². The molecule has 126 valence electrons. The van der Waals surface area contributed by atoms with Gasteiger partial charge in [-0.25, -0.2) is 0 Å². The van der Waals surface area contributed by atoms with Gasteiger partial charge >= 0.3 is 17.8 Å². The molecular weight excluding hydrogens is 317 g/mol. The van der Waals surface area contributed by atoms with Gasteiger partial charge < -0.3 is 21.3 Å². The zero-order chi connectivity index (χ0) is 17.3. The molecule has 0 spiro atoms. The molecule has 5 N–H and O–H groups in total. The highest BCUT2D eigenvalue weighted by molar-refractivity contribution is 5.73. The van der Waals surface area contributed by atoms with Crippen LogP contribution in [0.1, 0.15) is 11.1 Å². The van der Waals surface area contributed by atoms with E-state index in [4.69, 9.17) is 21.3 Å². The molecule has 0 fully saturated rings. The molecule has 2 rings (SSSR count). The van der Waals surface area contributed by atoms with E-state index < -0.39 is 23.9 Å². The number of rotatable bonds is 7. The molecule has 0 aliphatic carbocycles. The summed E-state index contributed by atoms with van der Waals surface area (Å²) in [6, 6.07) is 2.47. The molecule has 1 aliphatic rings. The number of nitrogens with two attached hydrogens (primary N) is 2. The molecule has 0 radical (unpaired) electrons. The Hall–Kier alpha value is -2.20. The standard InChI is InChI=1S/C13H15F3N4O3/c14-13(15,16)12(19-20-12)8-2-1-7(5-9(18)11(21)22)10(6-8)23-4-3-17/h1-2,6,9H,3-5,17-18H2,(H,21,22)/t9-/m0/s1. The average Bonchev–Trinajstić information content (AvgIpc) is 3.27. The fourth-order valence-electron chi connectivity index (χ4n) is 2.01. The van der Waals surface area contributed by atoms with Crippen LogP contribution in [0.5, 0.6) is 5.75 Å². The number of hydrogen-bond acceptors (Lipinski definition) is 6. The van der Waals surface area contributed by atoms with E-state index in [-0.39, 0.29) is 30.9 Å². The van der Waals surface area contributed by atoms with E-state index in [1.165, 1.54) is 12.1 Å². The van der Waals surface area contributed by atoms with Crippen LogP contribution < -0.4 is 16.2 Å². The molecule has 7 nitrogen and oxygen atoms in total. The molecule has 1 aromatic rings. The van der Waals surface area contributed by atoms with Gasteiger partial charge in [-0.05, 0) is 11.6 Å². The van der Waals surface area contributed by atoms with E-state index in [9.17, 15) is 18.0 Å². The van der Waals surface area contributed by atoms with Crippen LogP contribution in [0.25, 0.3) is 0 Å². The van der Waals surface area contributed by atoms with Crippen LogP contribution in [-0.4, -0.2) is 36.4 Å². The van der Waals surface area contributed by atoms with Gasteiger partial charge in [0, 0.05) is 18.5 Å². The van der Waals surface area contributed by atoms with Crippen LogP contribution >= 0.6 is 0 Å². The summed E-state index contributed by atoms with van der Waals surface area (Å²) in [7, 11) is 0. The lowest BCUT2D eigenvalue weighted by Gasteiger charge is -2.18. The van der Waals surface area contributed by atoms with Crippen molar-refractivity contribution in [3.8, 4) is 5.75 Å². The van der Waals surface area contributed by atoms with Crippen LogP contribution in [0.3, 0.4) is 0 Å². The van der Waals surface area contributed by atoms with Crippen molar-refractivity contribution in [3.63, 3.8) is 0 Å². The number of carboxylic acid groups (broad SMARTS) is 1. The second-order valence-electron chi connectivity index (χ2n) is 4.98. The second-order valence-corrected chi connectivity index (χ2v) is 4.98. The van der Waals surface area contributed by atoms with Crippen LogP contribution in [-0.2, 0) is 16.9 Å². The summed E-state index contributed by atoms with van der Waals surface area (Å²) in [6.45, 7) is 0.208. The topological polar surface area (TPSA) is 123 Å². The Balaban J connectivity index is 2.33. The molecule has 0 unspecified atom stereocenters. The first kappa shape index (κ1) is 17.2. The molecule has 1 aromatic carbocycles. The summed E-state index contributed by atoms with van der Waals surface area (Å²) in [5, 5.41) is 15.1. The summed E-state index contributed by atoms with van der Waals surface area (Å²) < 4.78 is 44.4. The van der Waals surface area contributed by atoms with Gasteiger partial charge in [0.25, 0.3) is 0 Å². The highest BCUT2D eigenvalue weighted by Crippen LogP contribution is 2.53. The molecule has 1 aliphatic heterocycles. The minimum Gasteiger partial charge on any atom is -0.492 e. The predicted molar refractivity (Wildman–Crippen MR) is 72.9 cm³/mol. The maximum atomic E-state index is 13.0. The third-order valence-corrected chi connectivity index (χ3v) is 3.30. The van der Waals surface area contributed by atoms with Crippen molar-refractivity contribution in [3.05, 3.63) is 29.3 Å². The monoisotopic (exact) mass is 332 g/mol. The van der Waals surface area contributed by atoms with Crippen molar-refractivity contribution in [2.24, 2.45) is 21.7 Å². The fraction of sp³-hybridized carbons (Fsp3) is 0.462. The molecule has 1 atom stereocenters. The number of halogens is 3.